The fourth-order valence-corrected chi connectivity index (χ4v) is 2.28. The van der Waals surface area contributed by atoms with E-state index in [2.05, 4.69) is 36.0 Å². The number of carbonyl (C=O) groups is 1. The minimum atomic E-state index is 0. The summed E-state index contributed by atoms with van der Waals surface area (Å²) in [7, 11) is 0. The molecule has 0 saturated carbocycles. The molecule has 0 bridgehead atoms. The first kappa shape index (κ1) is 18.0. The number of likely N-dealkylation sites (N-methyl/N-ethyl adjacent to an activating group) is 1. The van der Waals surface area contributed by atoms with E-state index in [0.717, 1.165) is 30.0 Å². The summed E-state index contributed by atoms with van der Waals surface area (Å²) < 4.78 is 2.16. The van der Waals surface area contributed by atoms with Crippen molar-refractivity contribution in [2.24, 2.45) is 0 Å². The molecule has 0 aliphatic carbocycles. The van der Waals surface area contributed by atoms with Crippen LogP contribution in [-0.4, -0.2) is 29.6 Å². The Bertz CT molecular complexity index is 415. The van der Waals surface area contributed by atoms with Gasteiger partial charge in [-0.05, 0) is 40.3 Å². The zero-order chi connectivity index (χ0) is 13.7. The predicted octanol–water partition coefficient (Wildman–Crippen LogP) is 2.27. The molecule has 1 amide bonds. The maximum absolute atomic E-state index is 12.1. The summed E-state index contributed by atoms with van der Waals surface area (Å²) in [5.41, 5.74) is 2.97. The highest BCUT2D eigenvalue weighted by Crippen LogP contribution is 2.14. The van der Waals surface area contributed by atoms with E-state index < -0.39 is 0 Å². The number of nitrogens with zero attached hydrogens (tertiary/aromatic N) is 1. The number of rotatable bonds is 6. The van der Waals surface area contributed by atoms with Crippen LogP contribution in [0.3, 0.4) is 0 Å². The highest BCUT2D eigenvalue weighted by molar-refractivity contribution is 5.95. The van der Waals surface area contributed by atoms with Crippen molar-refractivity contribution in [3.8, 4) is 0 Å². The van der Waals surface area contributed by atoms with Crippen LogP contribution in [0.2, 0.25) is 0 Å². The van der Waals surface area contributed by atoms with E-state index in [-0.39, 0.29) is 18.3 Å². The molecule has 0 aromatic carbocycles. The average Bonchev–Trinajstić information content (AvgIpc) is 2.62. The van der Waals surface area contributed by atoms with Crippen LogP contribution in [-0.2, 0) is 6.54 Å². The summed E-state index contributed by atoms with van der Waals surface area (Å²) in [6.07, 6.45) is 0. The summed E-state index contributed by atoms with van der Waals surface area (Å²) in [4.78, 5) is 12.1. The van der Waals surface area contributed by atoms with Crippen molar-refractivity contribution in [1.82, 2.24) is 15.2 Å². The number of hydrogen-bond donors (Lipinski definition) is 2. The maximum Gasteiger partial charge on any atom is 0.253 e. The molecule has 2 N–H and O–H groups in total. The molecular formula is C14H26ClN3O. The lowest BCUT2D eigenvalue weighted by Gasteiger charge is -2.13. The van der Waals surface area contributed by atoms with Crippen LogP contribution in [0.4, 0.5) is 0 Å². The Labute approximate surface area is 122 Å². The lowest BCUT2D eigenvalue weighted by molar-refractivity contribution is 0.0949. The highest BCUT2D eigenvalue weighted by atomic mass is 35.5. The van der Waals surface area contributed by atoms with Crippen LogP contribution in [0.25, 0.3) is 0 Å². The number of amides is 1. The van der Waals surface area contributed by atoms with Crippen molar-refractivity contribution in [1.29, 1.82) is 0 Å². The number of halogens is 1. The van der Waals surface area contributed by atoms with Gasteiger partial charge in [-0.25, -0.2) is 0 Å². The monoisotopic (exact) mass is 287 g/mol. The molecule has 0 spiro atoms. The van der Waals surface area contributed by atoms with Gasteiger partial charge in [0.05, 0.1) is 5.56 Å². The molecule has 5 heteroatoms. The third kappa shape index (κ3) is 4.55. The van der Waals surface area contributed by atoms with Crippen molar-refractivity contribution in [2.45, 2.75) is 47.2 Å². The van der Waals surface area contributed by atoms with Gasteiger partial charge in [-0.1, -0.05) is 6.92 Å². The van der Waals surface area contributed by atoms with Gasteiger partial charge in [0.25, 0.3) is 5.91 Å². The van der Waals surface area contributed by atoms with Crippen molar-refractivity contribution < 1.29 is 4.79 Å². The molecule has 1 aromatic heterocycles. The second kappa shape index (κ2) is 8.23. The van der Waals surface area contributed by atoms with Crippen LogP contribution in [0.5, 0.6) is 0 Å². The van der Waals surface area contributed by atoms with Crippen molar-refractivity contribution >= 4 is 18.3 Å². The standard InChI is InChI=1S/C14H25N3O.ClH/c1-6-15-10(3)9-16-14(18)13-8-11(4)17(7-2)12(13)5;/h8,10,15H,6-7,9H2,1-5H3,(H,16,18);1H/t10-;/m1./s1. The summed E-state index contributed by atoms with van der Waals surface area (Å²) in [5, 5.41) is 6.25. The summed E-state index contributed by atoms with van der Waals surface area (Å²) >= 11 is 0. The van der Waals surface area contributed by atoms with Gasteiger partial charge in [0.2, 0.25) is 0 Å². The third-order valence-electron chi connectivity index (χ3n) is 3.26. The predicted molar refractivity (Wildman–Crippen MR) is 82.3 cm³/mol. The topological polar surface area (TPSA) is 46.1 Å². The molecule has 0 saturated heterocycles. The molecule has 1 aromatic rings. The van der Waals surface area contributed by atoms with E-state index in [4.69, 9.17) is 0 Å². The number of hydrogen-bond acceptors (Lipinski definition) is 2. The molecule has 1 rings (SSSR count). The Hall–Kier alpha value is -1.00. The summed E-state index contributed by atoms with van der Waals surface area (Å²) in [6.45, 7) is 12.7. The number of nitrogens with one attached hydrogen (secondary N) is 2. The summed E-state index contributed by atoms with van der Waals surface area (Å²) in [5.74, 6) is 0.0209. The average molecular weight is 288 g/mol. The summed E-state index contributed by atoms with van der Waals surface area (Å²) in [6, 6.07) is 2.26. The molecule has 1 heterocycles. The Kier molecular flexibility index (Phi) is 7.79. The van der Waals surface area contributed by atoms with Gasteiger partial charge in [-0.2, -0.15) is 0 Å². The zero-order valence-electron chi connectivity index (χ0n) is 12.5. The highest BCUT2D eigenvalue weighted by Gasteiger charge is 2.15. The van der Waals surface area contributed by atoms with E-state index in [0.29, 0.717) is 12.6 Å². The molecule has 0 unspecified atom stereocenters. The van der Waals surface area contributed by atoms with Crippen molar-refractivity contribution in [3.05, 3.63) is 23.0 Å². The van der Waals surface area contributed by atoms with Crippen LogP contribution in [0.1, 0.15) is 42.5 Å². The lowest BCUT2D eigenvalue weighted by atomic mass is 10.2. The number of carbonyl (C=O) groups excluding carboxylic acids is 1. The molecule has 1 atom stereocenters. The SMILES string of the molecule is CCN[C@H](C)CNC(=O)c1cc(C)n(CC)c1C.Cl. The molecular weight excluding hydrogens is 262 g/mol. The van der Waals surface area contributed by atoms with Crippen molar-refractivity contribution in [3.63, 3.8) is 0 Å². The molecule has 4 nitrogen and oxygen atoms in total. The van der Waals surface area contributed by atoms with Gasteiger partial charge in [0.1, 0.15) is 0 Å². The van der Waals surface area contributed by atoms with Gasteiger partial charge in [0, 0.05) is 30.5 Å². The van der Waals surface area contributed by atoms with Crippen LogP contribution in [0, 0.1) is 13.8 Å². The first-order chi connectivity index (χ1) is 8.51. The molecule has 0 fully saturated rings. The van der Waals surface area contributed by atoms with E-state index in [1.54, 1.807) is 0 Å². The zero-order valence-corrected chi connectivity index (χ0v) is 13.4. The third-order valence-corrected chi connectivity index (χ3v) is 3.26. The molecule has 19 heavy (non-hydrogen) atoms. The minimum absolute atomic E-state index is 0. The van der Waals surface area contributed by atoms with Crippen molar-refractivity contribution in [2.75, 3.05) is 13.1 Å². The van der Waals surface area contributed by atoms with Crippen LogP contribution < -0.4 is 10.6 Å². The smallest absolute Gasteiger partial charge is 0.253 e. The molecule has 0 aliphatic rings. The lowest BCUT2D eigenvalue weighted by Crippen LogP contribution is -2.38. The minimum Gasteiger partial charge on any atom is -0.350 e. The van der Waals surface area contributed by atoms with E-state index >= 15 is 0 Å². The van der Waals surface area contributed by atoms with Gasteiger partial charge >= 0.3 is 0 Å². The largest absolute Gasteiger partial charge is 0.350 e. The van der Waals surface area contributed by atoms with E-state index in [1.807, 2.05) is 19.9 Å². The van der Waals surface area contributed by atoms with E-state index in [9.17, 15) is 4.79 Å². The molecule has 0 aliphatic heterocycles. The molecule has 0 radical (unpaired) electrons. The first-order valence-corrected chi connectivity index (χ1v) is 6.69. The second-order valence-electron chi connectivity index (χ2n) is 4.70. The maximum atomic E-state index is 12.1. The van der Waals surface area contributed by atoms with E-state index in [1.165, 1.54) is 0 Å². The second-order valence-corrected chi connectivity index (χ2v) is 4.70. The van der Waals surface area contributed by atoms with Gasteiger partial charge < -0.3 is 15.2 Å². The number of aryl methyl sites for hydroxylation is 1. The normalized spacial score (nSPS) is 11.8. The quantitative estimate of drug-likeness (QED) is 0.843. The van der Waals surface area contributed by atoms with Crippen LogP contribution in [0.15, 0.2) is 6.07 Å². The fourth-order valence-electron chi connectivity index (χ4n) is 2.28. The number of aromatic nitrogens is 1. The van der Waals surface area contributed by atoms with Gasteiger partial charge in [0.15, 0.2) is 0 Å². The van der Waals surface area contributed by atoms with Crippen LogP contribution >= 0.6 is 12.4 Å². The molecule has 110 valence electrons. The Morgan fingerprint density at radius 3 is 2.47 bits per heavy atom. The first-order valence-electron chi connectivity index (χ1n) is 6.69. The van der Waals surface area contributed by atoms with Gasteiger partial charge in [-0.15, -0.1) is 12.4 Å². The Morgan fingerprint density at radius 2 is 2.00 bits per heavy atom. The Balaban J connectivity index is 0.00000324. The van der Waals surface area contributed by atoms with Gasteiger partial charge in [-0.3, -0.25) is 4.79 Å². The Morgan fingerprint density at radius 1 is 1.37 bits per heavy atom. The fraction of sp³-hybridized carbons (Fsp3) is 0.643.